The first kappa shape index (κ1) is 17.5. The standard InChI is InChI=1S/C23H27Br/c1-16(14-18-8-6-7-9-21(18)24)17-10-11-19-20(15-17)23(4,5)13-12-22(19,2)3/h6-11,14-15H,12-13H2,1-5H3/b16-14+. The van der Waals surface area contributed by atoms with Gasteiger partial charge in [0.15, 0.2) is 0 Å². The Morgan fingerprint density at radius 3 is 2.21 bits per heavy atom. The Morgan fingerprint density at radius 2 is 1.54 bits per heavy atom. The van der Waals surface area contributed by atoms with Crippen LogP contribution in [-0.4, -0.2) is 0 Å². The highest BCUT2D eigenvalue weighted by atomic mass is 79.9. The molecule has 2 aromatic carbocycles. The SMILES string of the molecule is C/C(=C\c1ccccc1Br)c1ccc2c(c1)C(C)(C)CCC2(C)C. The molecule has 0 unspecified atom stereocenters. The van der Waals surface area contributed by atoms with Crippen LogP contribution in [0.5, 0.6) is 0 Å². The van der Waals surface area contributed by atoms with Crippen LogP contribution in [0.3, 0.4) is 0 Å². The van der Waals surface area contributed by atoms with E-state index in [1.165, 1.54) is 40.7 Å². The number of fused-ring (bicyclic) bond motifs is 1. The molecule has 24 heavy (non-hydrogen) atoms. The number of hydrogen-bond donors (Lipinski definition) is 0. The minimum Gasteiger partial charge on any atom is -0.0616 e. The van der Waals surface area contributed by atoms with E-state index in [2.05, 4.69) is 99.1 Å². The van der Waals surface area contributed by atoms with Crippen molar-refractivity contribution in [1.82, 2.24) is 0 Å². The fourth-order valence-corrected chi connectivity index (χ4v) is 4.14. The average molecular weight is 383 g/mol. The third-order valence-electron chi connectivity index (χ3n) is 5.59. The summed E-state index contributed by atoms with van der Waals surface area (Å²) in [5, 5.41) is 0. The van der Waals surface area contributed by atoms with Gasteiger partial charge in [0.25, 0.3) is 0 Å². The maximum Gasteiger partial charge on any atom is 0.0247 e. The number of hydrogen-bond acceptors (Lipinski definition) is 0. The molecule has 2 aromatic rings. The van der Waals surface area contributed by atoms with E-state index < -0.39 is 0 Å². The molecule has 0 bridgehead atoms. The zero-order valence-electron chi connectivity index (χ0n) is 15.4. The maximum atomic E-state index is 3.65. The second-order valence-corrected chi connectivity index (χ2v) is 9.23. The smallest absolute Gasteiger partial charge is 0.0247 e. The van der Waals surface area contributed by atoms with E-state index in [1.807, 2.05) is 0 Å². The van der Waals surface area contributed by atoms with E-state index in [9.17, 15) is 0 Å². The minimum absolute atomic E-state index is 0.258. The number of allylic oxidation sites excluding steroid dienone is 1. The van der Waals surface area contributed by atoms with Crippen molar-refractivity contribution in [2.45, 2.75) is 58.3 Å². The van der Waals surface area contributed by atoms with Gasteiger partial charge in [0, 0.05) is 4.47 Å². The van der Waals surface area contributed by atoms with E-state index in [0.717, 1.165) is 4.47 Å². The molecule has 1 aliphatic rings. The molecular weight excluding hydrogens is 356 g/mol. The first-order chi connectivity index (χ1) is 11.2. The minimum atomic E-state index is 0.258. The maximum absolute atomic E-state index is 3.65. The molecule has 0 radical (unpaired) electrons. The Morgan fingerprint density at radius 1 is 0.917 bits per heavy atom. The van der Waals surface area contributed by atoms with Gasteiger partial charge < -0.3 is 0 Å². The summed E-state index contributed by atoms with van der Waals surface area (Å²) in [4.78, 5) is 0. The summed E-state index contributed by atoms with van der Waals surface area (Å²) in [6, 6.07) is 15.5. The summed E-state index contributed by atoms with van der Waals surface area (Å²) < 4.78 is 1.14. The largest absolute Gasteiger partial charge is 0.0616 e. The highest BCUT2D eigenvalue weighted by Gasteiger charge is 2.36. The fraction of sp³-hybridized carbons (Fsp3) is 0.391. The van der Waals surface area contributed by atoms with E-state index >= 15 is 0 Å². The molecule has 3 rings (SSSR count). The summed E-state index contributed by atoms with van der Waals surface area (Å²) >= 11 is 3.65. The summed E-state index contributed by atoms with van der Waals surface area (Å²) in [5.74, 6) is 0. The molecule has 0 N–H and O–H groups in total. The van der Waals surface area contributed by atoms with Gasteiger partial charge in [0.05, 0.1) is 0 Å². The second-order valence-electron chi connectivity index (χ2n) is 8.38. The monoisotopic (exact) mass is 382 g/mol. The summed E-state index contributed by atoms with van der Waals surface area (Å²) in [7, 11) is 0. The van der Waals surface area contributed by atoms with Gasteiger partial charge >= 0.3 is 0 Å². The Balaban J connectivity index is 2.07. The van der Waals surface area contributed by atoms with Crippen LogP contribution < -0.4 is 0 Å². The Hall–Kier alpha value is -1.34. The van der Waals surface area contributed by atoms with Gasteiger partial charge in [0.2, 0.25) is 0 Å². The van der Waals surface area contributed by atoms with Crippen LogP contribution in [0.25, 0.3) is 11.6 Å². The molecule has 1 aliphatic carbocycles. The van der Waals surface area contributed by atoms with Crippen LogP contribution in [0.2, 0.25) is 0 Å². The third-order valence-corrected chi connectivity index (χ3v) is 6.31. The van der Waals surface area contributed by atoms with Crippen molar-refractivity contribution in [3.63, 3.8) is 0 Å². The average Bonchev–Trinajstić information content (AvgIpc) is 2.54. The molecule has 0 nitrogen and oxygen atoms in total. The van der Waals surface area contributed by atoms with Crippen LogP contribution in [-0.2, 0) is 10.8 Å². The van der Waals surface area contributed by atoms with Crippen molar-refractivity contribution < 1.29 is 0 Å². The Labute approximate surface area is 155 Å². The summed E-state index contributed by atoms with van der Waals surface area (Å²) in [6.07, 6.45) is 4.79. The molecule has 0 spiro atoms. The molecule has 0 saturated carbocycles. The van der Waals surface area contributed by atoms with Gasteiger partial charge in [-0.2, -0.15) is 0 Å². The lowest BCUT2D eigenvalue weighted by Crippen LogP contribution is -2.33. The van der Waals surface area contributed by atoms with Gasteiger partial charge in [-0.05, 0) is 64.5 Å². The van der Waals surface area contributed by atoms with Crippen LogP contribution in [0.1, 0.15) is 69.7 Å². The zero-order valence-corrected chi connectivity index (χ0v) is 17.0. The van der Waals surface area contributed by atoms with Crippen molar-refractivity contribution in [3.8, 4) is 0 Å². The highest BCUT2D eigenvalue weighted by molar-refractivity contribution is 9.10. The van der Waals surface area contributed by atoms with E-state index in [4.69, 9.17) is 0 Å². The quantitative estimate of drug-likeness (QED) is 0.475. The second kappa shape index (κ2) is 6.19. The van der Waals surface area contributed by atoms with Crippen LogP contribution in [0.15, 0.2) is 46.9 Å². The van der Waals surface area contributed by atoms with Crippen molar-refractivity contribution in [1.29, 1.82) is 0 Å². The van der Waals surface area contributed by atoms with Gasteiger partial charge in [-0.3, -0.25) is 0 Å². The first-order valence-electron chi connectivity index (χ1n) is 8.79. The molecule has 126 valence electrons. The van der Waals surface area contributed by atoms with Crippen LogP contribution >= 0.6 is 15.9 Å². The van der Waals surface area contributed by atoms with Gasteiger partial charge in [-0.15, -0.1) is 0 Å². The number of benzene rings is 2. The Kier molecular flexibility index (Phi) is 4.51. The molecule has 0 atom stereocenters. The number of halogens is 1. The van der Waals surface area contributed by atoms with Gasteiger partial charge in [0.1, 0.15) is 0 Å². The van der Waals surface area contributed by atoms with Crippen LogP contribution in [0, 0.1) is 0 Å². The van der Waals surface area contributed by atoms with Crippen molar-refractivity contribution in [2.75, 3.05) is 0 Å². The molecular formula is C23H27Br. The Bertz CT molecular complexity index is 793. The summed E-state index contributed by atoms with van der Waals surface area (Å²) in [5.41, 5.74) is 7.46. The van der Waals surface area contributed by atoms with Crippen molar-refractivity contribution in [2.24, 2.45) is 0 Å². The van der Waals surface area contributed by atoms with Gasteiger partial charge in [-0.25, -0.2) is 0 Å². The van der Waals surface area contributed by atoms with Crippen molar-refractivity contribution >= 4 is 27.6 Å². The van der Waals surface area contributed by atoms with E-state index in [0.29, 0.717) is 0 Å². The fourth-order valence-electron chi connectivity index (χ4n) is 3.74. The van der Waals surface area contributed by atoms with E-state index in [1.54, 1.807) is 0 Å². The molecule has 0 fully saturated rings. The molecule has 0 heterocycles. The van der Waals surface area contributed by atoms with Gasteiger partial charge in [-0.1, -0.05) is 86.1 Å². The highest BCUT2D eigenvalue weighted by Crippen LogP contribution is 2.46. The zero-order chi connectivity index (χ0) is 17.5. The molecule has 0 saturated heterocycles. The molecule has 0 aliphatic heterocycles. The summed E-state index contributed by atoms with van der Waals surface area (Å²) in [6.45, 7) is 11.7. The first-order valence-corrected chi connectivity index (χ1v) is 9.58. The molecule has 1 heteroatoms. The van der Waals surface area contributed by atoms with E-state index in [-0.39, 0.29) is 10.8 Å². The molecule has 0 amide bonds. The third kappa shape index (κ3) is 3.24. The lowest BCUT2D eigenvalue weighted by atomic mass is 9.63. The lowest BCUT2D eigenvalue weighted by Gasteiger charge is -2.42. The topological polar surface area (TPSA) is 0 Å². The lowest BCUT2D eigenvalue weighted by molar-refractivity contribution is 0.332. The molecule has 0 aromatic heterocycles. The number of rotatable bonds is 2. The van der Waals surface area contributed by atoms with Crippen LogP contribution in [0.4, 0.5) is 0 Å². The predicted molar refractivity (Wildman–Crippen MR) is 109 cm³/mol. The van der Waals surface area contributed by atoms with Crippen molar-refractivity contribution in [3.05, 3.63) is 69.2 Å². The normalized spacial score (nSPS) is 19.0. The predicted octanol–water partition coefficient (Wildman–Crippen LogP) is 7.36.